The molecule has 0 amide bonds. The number of rotatable bonds is 4. The largest absolute Gasteiger partial charge is 0.277 e. The summed E-state index contributed by atoms with van der Waals surface area (Å²) < 4.78 is 4.84. The van der Waals surface area contributed by atoms with E-state index in [1.165, 1.54) is 47.1 Å². The third-order valence-electron chi connectivity index (χ3n) is 10.2. The Morgan fingerprint density at radius 2 is 0.942 bits per heavy atom. The third kappa shape index (κ3) is 4.36. The highest BCUT2D eigenvalue weighted by Crippen LogP contribution is 2.47. The summed E-state index contributed by atoms with van der Waals surface area (Å²) in [5, 5.41) is 9.80. The SMILES string of the molecule is c1ccc(-c2cccc(-c3nc(-c4ccccc4)nc(-n4c5ccc6sc7ccccc7c6c5c5c6ccccc6c6ccccc6c54)n3)c2)cc1. The van der Waals surface area contributed by atoms with Crippen LogP contribution in [0.3, 0.4) is 0 Å². The number of thiophene rings is 1. The van der Waals surface area contributed by atoms with Crippen molar-refractivity contribution in [1.29, 1.82) is 0 Å². The minimum Gasteiger partial charge on any atom is -0.277 e. The Labute approximate surface area is 302 Å². The average molecular weight is 681 g/mol. The molecule has 5 heteroatoms. The molecule has 0 saturated heterocycles. The second kappa shape index (κ2) is 11.4. The van der Waals surface area contributed by atoms with Gasteiger partial charge >= 0.3 is 0 Å². The van der Waals surface area contributed by atoms with E-state index in [9.17, 15) is 0 Å². The van der Waals surface area contributed by atoms with Crippen LogP contribution < -0.4 is 0 Å². The Bertz CT molecular complexity index is 3180. The number of aromatic nitrogens is 4. The molecular weight excluding hydrogens is 653 g/mol. The van der Waals surface area contributed by atoms with Gasteiger partial charge in [-0.15, -0.1) is 11.3 Å². The molecule has 0 saturated carbocycles. The topological polar surface area (TPSA) is 43.6 Å². The van der Waals surface area contributed by atoms with Gasteiger partial charge in [-0.3, -0.25) is 4.57 Å². The van der Waals surface area contributed by atoms with E-state index in [1.807, 2.05) is 35.6 Å². The van der Waals surface area contributed by atoms with Gasteiger partial charge in [0.05, 0.1) is 11.0 Å². The molecule has 3 heterocycles. The van der Waals surface area contributed by atoms with Crippen LogP contribution in [-0.2, 0) is 0 Å². The monoisotopic (exact) mass is 680 g/mol. The summed E-state index contributed by atoms with van der Waals surface area (Å²) in [4.78, 5) is 15.8. The molecule has 4 nitrogen and oxygen atoms in total. The third-order valence-corrected chi connectivity index (χ3v) is 11.4. The first-order chi connectivity index (χ1) is 25.8. The lowest BCUT2D eigenvalue weighted by atomic mass is 9.95. The highest BCUT2D eigenvalue weighted by Gasteiger charge is 2.24. The lowest BCUT2D eigenvalue weighted by Gasteiger charge is -2.13. The van der Waals surface area contributed by atoms with Crippen LogP contribution in [0.4, 0.5) is 0 Å². The Hall–Kier alpha value is -6.69. The number of nitrogens with zero attached hydrogens (tertiary/aromatic N) is 4. The minimum atomic E-state index is 0.591. The highest BCUT2D eigenvalue weighted by molar-refractivity contribution is 7.26. The van der Waals surface area contributed by atoms with E-state index < -0.39 is 0 Å². The Kier molecular flexibility index (Phi) is 6.39. The van der Waals surface area contributed by atoms with Crippen LogP contribution in [0.15, 0.2) is 170 Å². The van der Waals surface area contributed by atoms with Crippen LogP contribution in [0.5, 0.6) is 0 Å². The van der Waals surface area contributed by atoms with E-state index in [0.717, 1.165) is 38.7 Å². The van der Waals surface area contributed by atoms with Gasteiger partial charge in [0, 0.05) is 47.5 Å². The summed E-state index contributed by atoms with van der Waals surface area (Å²) in [6.45, 7) is 0. The second-order valence-corrected chi connectivity index (χ2v) is 14.3. The van der Waals surface area contributed by atoms with Crippen LogP contribution >= 0.6 is 11.3 Å². The van der Waals surface area contributed by atoms with Gasteiger partial charge in [-0.05, 0) is 51.6 Å². The van der Waals surface area contributed by atoms with E-state index >= 15 is 0 Å². The van der Waals surface area contributed by atoms with Crippen molar-refractivity contribution in [3.8, 4) is 39.9 Å². The van der Waals surface area contributed by atoms with Gasteiger partial charge in [0.1, 0.15) is 0 Å². The summed E-state index contributed by atoms with van der Waals surface area (Å²) >= 11 is 1.85. The van der Waals surface area contributed by atoms with Gasteiger partial charge in [-0.1, -0.05) is 146 Å². The summed E-state index contributed by atoms with van der Waals surface area (Å²) in [5.41, 5.74) is 6.30. The van der Waals surface area contributed by atoms with Crippen LogP contribution in [0, 0.1) is 0 Å². The van der Waals surface area contributed by atoms with Gasteiger partial charge in [0.25, 0.3) is 0 Å². The Balaban J connectivity index is 1.32. The fourth-order valence-electron chi connectivity index (χ4n) is 7.96. The van der Waals surface area contributed by atoms with Gasteiger partial charge < -0.3 is 0 Å². The molecular formula is C47H28N4S. The summed E-state index contributed by atoms with van der Waals surface area (Å²) in [5.74, 6) is 1.85. The van der Waals surface area contributed by atoms with Crippen LogP contribution in [0.25, 0.3) is 103 Å². The molecule has 0 aliphatic rings. The van der Waals surface area contributed by atoms with Gasteiger partial charge in [0.2, 0.25) is 5.95 Å². The first-order valence-electron chi connectivity index (χ1n) is 17.5. The van der Waals surface area contributed by atoms with Gasteiger partial charge in [-0.2, -0.15) is 9.97 Å². The van der Waals surface area contributed by atoms with Crippen molar-refractivity contribution in [2.45, 2.75) is 0 Å². The molecule has 0 fully saturated rings. The maximum Gasteiger partial charge on any atom is 0.238 e. The Morgan fingerprint density at radius 1 is 0.365 bits per heavy atom. The molecule has 0 N–H and O–H groups in total. The zero-order valence-electron chi connectivity index (χ0n) is 27.9. The molecule has 0 atom stereocenters. The normalized spacial score (nSPS) is 11.8. The van der Waals surface area contributed by atoms with Gasteiger partial charge in [0.15, 0.2) is 11.6 Å². The fraction of sp³-hybridized carbons (Fsp3) is 0. The molecule has 11 rings (SSSR count). The van der Waals surface area contributed by atoms with Crippen molar-refractivity contribution in [3.05, 3.63) is 170 Å². The predicted octanol–water partition coefficient (Wildman–Crippen LogP) is 12.6. The molecule has 0 unspecified atom stereocenters. The van der Waals surface area contributed by atoms with E-state index in [4.69, 9.17) is 15.0 Å². The molecule has 0 bridgehead atoms. The maximum absolute atomic E-state index is 5.37. The van der Waals surface area contributed by atoms with Crippen molar-refractivity contribution >= 4 is 74.9 Å². The molecule has 0 spiro atoms. The first-order valence-corrected chi connectivity index (χ1v) is 18.3. The molecule has 0 aliphatic heterocycles. The smallest absolute Gasteiger partial charge is 0.238 e. The van der Waals surface area contributed by atoms with Crippen molar-refractivity contribution in [3.63, 3.8) is 0 Å². The Morgan fingerprint density at radius 3 is 1.71 bits per heavy atom. The molecule has 52 heavy (non-hydrogen) atoms. The quantitative estimate of drug-likeness (QED) is 0.174. The first kappa shape index (κ1) is 29.1. The number of benzene rings is 8. The molecule has 8 aromatic carbocycles. The minimum absolute atomic E-state index is 0.591. The molecule has 3 aromatic heterocycles. The van der Waals surface area contributed by atoms with Crippen LogP contribution in [-0.4, -0.2) is 19.5 Å². The van der Waals surface area contributed by atoms with Crippen LogP contribution in [0.1, 0.15) is 0 Å². The van der Waals surface area contributed by atoms with Crippen LogP contribution in [0.2, 0.25) is 0 Å². The van der Waals surface area contributed by atoms with E-state index in [-0.39, 0.29) is 0 Å². The zero-order valence-corrected chi connectivity index (χ0v) is 28.7. The van der Waals surface area contributed by atoms with Crippen molar-refractivity contribution in [1.82, 2.24) is 19.5 Å². The summed E-state index contributed by atoms with van der Waals surface area (Å²) in [7, 11) is 0. The summed E-state index contributed by atoms with van der Waals surface area (Å²) in [6.07, 6.45) is 0. The predicted molar refractivity (Wildman–Crippen MR) is 218 cm³/mol. The average Bonchev–Trinajstić information content (AvgIpc) is 3.78. The molecule has 0 radical (unpaired) electrons. The highest BCUT2D eigenvalue weighted by atomic mass is 32.1. The van der Waals surface area contributed by atoms with Crippen molar-refractivity contribution < 1.29 is 0 Å². The van der Waals surface area contributed by atoms with Crippen molar-refractivity contribution in [2.24, 2.45) is 0 Å². The fourth-order valence-corrected chi connectivity index (χ4v) is 9.07. The summed E-state index contributed by atoms with van der Waals surface area (Å²) in [6, 6.07) is 60.0. The number of hydrogen-bond acceptors (Lipinski definition) is 4. The number of hydrogen-bond donors (Lipinski definition) is 0. The number of fused-ring (bicyclic) bond motifs is 12. The lowest BCUT2D eigenvalue weighted by molar-refractivity contribution is 0.955. The molecule has 11 aromatic rings. The molecule has 242 valence electrons. The second-order valence-electron chi connectivity index (χ2n) is 13.2. The lowest BCUT2D eigenvalue weighted by Crippen LogP contribution is -2.06. The van der Waals surface area contributed by atoms with Gasteiger partial charge in [-0.25, -0.2) is 4.98 Å². The zero-order chi connectivity index (χ0) is 34.2. The van der Waals surface area contributed by atoms with E-state index in [1.54, 1.807) is 0 Å². The molecule has 0 aliphatic carbocycles. The maximum atomic E-state index is 5.37. The standard InChI is InChI=1S/C47H28N4S/c1-3-14-29(15-4-1)31-18-13-19-32(28-31)46-48-45(30-16-5-2-6-17-30)49-47(50-46)51-38-26-27-40-41(37-24-11-12-25-39(37)52-40)43(38)42-35-22-9-7-20-33(35)34-21-8-10-23-36(34)44(42)51/h1-28H. The van der Waals surface area contributed by atoms with E-state index in [0.29, 0.717) is 17.6 Å². The van der Waals surface area contributed by atoms with E-state index in [2.05, 4.69) is 150 Å². The van der Waals surface area contributed by atoms with Crippen molar-refractivity contribution in [2.75, 3.05) is 0 Å².